The fourth-order valence-corrected chi connectivity index (χ4v) is 2.52. The molecule has 0 atom stereocenters. The maximum absolute atomic E-state index is 11.7. The molecule has 0 heterocycles. The molecule has 0 saturated heterocycles. The maximum Gasteiger partial charge on any atom is 0.407 e. The summed E-state index contributed by atoms with van der Waals surface area (Å²) in [5.41, 5.74) is -0.469. The summed E-state index contributed by atoms with van der Waals surface area (Å²) in [6.07, 6.45) is 3.34. The van der Waals surface area contributed by atoms with E-state index >= 15 is 0 Å². The topological polar surface area (TPSA) is 67.8 Å². The third-order valence-corrected chi connectivity index (χ3v) is 3.53. The zero-order valence-electron chi connectivity index (χ0n) is 13.5. The van der Waals surface area contributed by atoms with Gasteiger partial charge < -0.3 is 19.9 Å². The first-order valence-electron chi connectivity index (χ1n) is 7.77. The number of hydrogen-bond acceptors (Lipinski definition) is 4. The summed E-state index contributed by atoms with van der Waals surface area (Å²) in [7, 11) is 0. The molecule has 1 amide bonds. The van der Waals surface area contributed by atoms with E-state index in [1.165, 1.54) is 0 Å². The van der Waals surface area contributed by atoms with Gasteiger partial charge in [-0.05, 0) is 70.7 Å². The molecule has 1 aliphatic carbocycles. The first kappa shape index (κ1) is 16.5. The third-order valence-electron chi connectivity index (χ3n) is 3.53. The molecule has 0 aromatic heterocycles. The van der Waals surface area contributed by atoms with Gasteiger partial charge in [0, 0.05) is 6.04 Å². The molecule has 0 unspecified atom stereocenters. The van der Waals surface area contributed by atoms with Crippen LogP contribution in [0.15, 0.2) is 24.3 Å². The van der Waals surface area contributed by atoms with E-state index in [1.807, 2.05) is 20.8 Å². The summed E-state index contributed by atoms with van der Waals surface area (Å²) in [6, 6.07) is 6.91. The van der Waals surface area contributed by atoms with E-state index in [0.717, 1.165) is 31.4 Å². The van der Waals surface area contributed by atoms with Gasteiger partial charge in [-0.15, -0.1) is 0 Å². The highest BCUT2D eigenvalue weighted by Crippen LogP contribution is 2.25. The van der Waals surface area contributed by atoms with E-state index in [4.69, 9.17) is 9.47 Å². The second-order valence-electron chi connectivity index (χ2n) is 6.73. The SMILES string of the molecule is CC(C)(C)OC(=O)NC1CCC(Oc2ccc(O)cc2)CC1. The molecular formula is C17H25NO4. The number of rotatable bonds is 3. The smallest absolute Gasteiger partial charge is 0.407 e. The summed E-state index contributed by atoms with van der Waals surface area (Å²) in [5.74, 6) is 0.999. The number of carbonyl (C=O) groups is 1. The van der Waals surface area contributed by atoms with Crippen LogP contribution < -0.4 is 10.1 Å². The van der Waals surface area contributed by atoms with Gasteiger partial charge in [-0.1, -0.05) is 0 Å². The zero-order valence-corrected chi connectivity index (χ0v) is 13.5. The Balaban J connectivity index is 1.73. The van der Waals surface area contributed by atoms with Crippen LogP contribution in [-0.2, 0) is 4.74 Å². The fraction of sp³-hybridized carbons (Fsp3) is 0.588. The van der Waals surface area contributed by atoms with Crippen LogP contribution in [0.4, 0.5) is 4.79 Å². The Morgan fingerprint density at radius 2 is 1.73 bits per heavy atom. The predicted octanol–water partition coefficient (Wildman–Crippen LogP) is 3.61. The molecule has 0 aliphatic heterocycles. The van der Waals surface area contributed by atoms with Crippen LogP contribution in [-0.4, -0.2) is 28.9 Å². The van der Waals surface area contributed by atoms with Crippen LogP contribution in [0.2, 0.25) is 0 Å². The first-order valence-corrected chi connectivity index (χ1v) is 7.77. The first-order chi connectivity index (χ1) is 10.3. The molecule has 1 aliphatic rings. The second kappa shape index (κ2) is 6.90. The summed E-state index contributed by atoms with van der Waals surface area (Å²) in [6.45, 7) is 5.57. The Morgan fingerprint density at radius 3 is 2.27 bits per heavy atom. The zero-order chi connectivity index (χ0) is 16.2. The number of benzene rings is 1. The lowest BCUT2D eigenvalue weighted by Gasteiger charge is -2.30. The molecular weight excluding hydrogens is 282 g/mol. The number of ether oxygens (including phenoxy) is 2. The molecule has 5 heteroatoms. The number of alkyl carbamates (subject to hydrolysis) is 1. The number of phenolic OH excluding ortho intramolecular Hbond substituents is 1. The second-order valence-corrected chi connectivity index (χ2v) is 6.73. The minimum absolute atomic E-state index is 0.148. The van der Waals surface area contributed by atoms with Crippen LogP contribution in [0.1, 0.15) is 46.5 Å². The lowest BCUT2D eigenvalue weighted by Crippen LogP contribution is -2.42. The molecule has 2 rings (SSSR count). The predicted molar refractivity (Wildman–Crippen MR) is 84.1 cm³/mol. The molecule has 0 spiro atoms. The van der Waals surface area contributed by atoms with E-state index in [-0.39, 0.29) is 24.0 Å². The van der Waals surface area contributed by atoms with E-state index in [2.05, 4.69) is 5.32 Å². The molecule has 22 heavy (non-hydrogen) atoms. The van der Waals surface area contributed by atoms with E-state index in [9.17, 15) is 9.90 Å². The summed E-state index contributed by atoms with van der Waals surface area (Å²) in [5, 5.41) is 12.2. The van der Waals surface area contributed by atoms with Gasteiger partial charge in [0.2, 0.25) is 0 Å². The quantitative estimate of drug-likeness (QED) is 0.895. The average molecular weight is 307 g/mol. The molecule has 2 N–H and O–H groups in total. The van der Waals surface area contributed by atoms with Gasteiger partial charge in [-0.25, -0.2) is 4.79 Å². The Morgan fingerprint density at radius 1 is 1.14 bits per heavy atom. The third kappa shape index (κ3) is 5.47. The Labute approximate surface area is 131 Å². The van der Waals surface area contributed by atoms with Gasteiger partial charge in [0.15, 0.2) is 0 Å². The van der Waals surface area contributed by atoms with Crippen molar-refractivity contribution in [1.82, 2.24) is 5.32 Å². The standard InChI is InChI=1S/C17H25NO4/c1-17(2,3)22-16(20)18-12-4-8-14(9-5-12)21-15-10-6-13(19)7-11-15/h6-7,10-12,14,19H,4-5,8-9H2,1-3H3,(H,18,20). The molecule has 122 valence electrons. The van der Waals surface area contributed by atoms with Crippen molar-refractivity contribution in [3.8, 4) is 11.5 Å². The maximum atomic E-state index is 11.7. The van der Waals surface area contributed by atoms with Crippen molar-refractivity contribution in [2.45, 2.75) is 64.2 Å². The normalized spacial score (nSPS) is 22.0. The highest BCUT2D eigenvalue weighted by atomic mass is 16.6. The number of carbonyl (C=O) groups excluding carboxylic acids is 1. The number of amides is 1. The Bertz CT molecular complexity index is 484. The molecule has 0 radical (unpaired) electrons. The highest BCUT2D eigenvalue weighted by Gasteiger charge is 2.25. The van der Waals surface area contributed by atoms with Gasteiger partial charge in [0.1, 0.15) is 17.1 Å². The van der Waals surface area contributed by atoms with Crippen LogP contribution >= 0.6 is 0 Å². The van der Waals surface area contributed by atoms with Crippen molar-refractivity contribution in [2.75, 3.05) is 0 Å². The molecule has 0 bridgehead atoms. The van der Waals surface area contributed by atoms with Gasteiger partial charge >= 0.3 is 6.09 Å². The molecule has 1 aromatic rings. The highest BCUT2D eigenvalue weighted by molar-refractivity contribution is 5.68. The van der Waals surface area contributed by atoms with Crippen LogP contribution in [0.3, 0.4) is 0 Å². The number of phenols is 1. The van der Waals surface area contributed by atoms with Crippen molar-refractivity contribution in [3.05, 3.63) is 24.3 Å². The van der Waals surface area contributed by atoms with Crippen molar-refractivity contribution < 1.29 is 19.4 Å². The minimum atomic E-state index is -0.469. The number of nitrogens with one attached hydrogen (secondary N) is 1. The van der Waals surface area contributed by atoms with Crippen LogP contribution in [0.25, 0.3) is 0 Å². The van der Waals surface area contributed by atoms with Crippen molar-refractivity contribution in [1.29, 1.82) is 0 Å². The number of aromatic hydroxyl groups is 1. The summed E-state index contributed by atoms with van der Waals surface area (Å²) >= 11 is 0. The van der Waals surface area contributed by atoms with Gasteiger partial charge in [0.25, 0.3) is 0 Å². The van der Waals surface area contributed by atoms with E-state index in [1.54, 1.807) is 24.3 Å². The Kier molecular flexibility index (Phi) is 5.16. The van der Waals surface area contributed by atoms with Crippen molar-refractivity contribution >= 4 is 6.09 Å². The Hall–Kier alpha value is -1.91. The van der Waals surface area contributed by atoms with Gasteiger partial charge in [0.05, 0.1) is 6.10 Å². The fourth-order valence-electron chi connectivity index (χ4n) is 2.52. The van der Waals surface area contributed by atoms with Gasteiger partial charge in [-0.3, -0.25) is 0 Å². The molecule has 1 aromatic carbocycles. The van der Waals surface area contributed by atoms with Crippen molar-refractivity contribution in [2.24, 2.45) is 0 Å². The summed E-state index contributed by atoms with van der Waals surface area (Å²) < 4.78 is 11.2. The summed E-state index contributed by atoms with van der Waals surface area (Å²) in [4.78, 5) is 11.7. The number of hydrogen-bond donors (Lipinski definition) is 2. The van der Waals surface area contributed by atoms with Crippen LogP contribution in [0, 0.1) is 0 Å². The minimum Gasteiger partial charge on any atom is -0.508 e. The molecule has 5 nitrogen and oxygen atoms in total. The van der Waals surface area contributed by atoms with Crippen LogP contribution in [0.5, 0.6) is 11.5 Å². The van der Waals surface area contributed by atoms with E-state index < -0.39 is 5.60 Å². The van der Waals surface area contributed by atoms with Crippen molar-refractivity contribution in [3.63, 3.8) is 0 Å². The average Bonchev–Trinajstić information content (AvgIpc) is 2.41. The molecule has 1 fully saturated rings. The lowest BCUT2D eigenvalue weighted by molar-refractivity contribution is 0.0471. The van der Waals surface area contributed by atoms with Gasteiger partial charge in [-0.2, -0.15) is 0 Å². The van der Waals surface area contributed by atoms with E-state index in [0.29, 0.717) is 0 Å². The lowest BCUT2D eigenvalue weighted by atomic mass is 9.93. The molecule has 1 saturated carbocycles. The largest absolute Gasteiger partial charge is 0.508 e. The monoisotopic (exact) mass is 307 g/mol.